The number of halogens is 1. The van der Waals surface area contributed by atoms with Gasteiger partial charge in [0.2, 0.25) is 0 Å². The highest BCUT2D eigenvalue weighted by Crippen LogP contribution is 2.28. The number of pyridine rings is 1. The van der Waals surface area contributed by atoms with Crippen LogP contribution in [0.1, 0.15) is 23.8 Å². The minimum absolute atomic E-state index is 0.259. The van der Waals surface area contributed by atoms with E-state index in [1.807, 2.05) is 37.3 Å². The van der Waals surface area contributed by atoms with Crippen LogP contribution in [0.2, 0.25) is 5.02 Å². The fraction of sp³-hybridized carbons (Fsp3) is 0.176. The second-order valence-electron chi connectivity index (χ2n) is 5.14. The van der Waals surface area contributed by atoms with E-state index in [1.54, 1.807) is 23.1 Å². The van der Waals surface area contributed by atoms with Gasteiger partial charge in [-0.1, -0.05) is 35.9 Å². The molecule has 0 saturated heterocycles. The Balaban J connectivity index is 2.16. The zero-order valence-electron chi connectivity index (χ0n) is 13.1. The van der Waals surface area contributed by atoms with Crippen molar-refractivity contribution >= 4 is 17.5 Å². The van der Waals surface area contributed by atoms with Gasteiger partial charge in [-0.15, -0.1) is 5.10 Å². The SMILES string of the molecule is CCCNC(=O)c1nnn(-c2ccccc2Cl)c1-c1ccncc1. The molecule has 0 aliphatic rings. The predicted molar refractivity (Wildman–Crippen MR) is 92.2 cm³/mol. The first-order valence-electron chi connectivity index (χ1n) is 7.61. The first-order valence-corrected chi connectivity index (χ1v) is 7.99. The number of carbonyl (C=O) groups excluding carboxylic acids is 1. The lowest BCUT2D eigenvalue weighted by molar-refractivity contribution is 0.0949. The molecule has 122 valence electrons. The second-order valence-corrected chi connectivity index (χ2v) is 5.55. The van der Waals surface area contributed by atoms with Crippen LogP contribution in [0.15, 0.2) is 48.8 Å². The third-order valence-electron chi connectivity index (χ3n) is 3.46. The summed E-state index contributed by atoms with van der Waals surface area (Å²) in [6, 6.07) is 10.9. The summed E-state index contributed by atoms with van der Waals surface area (Å²) in [5, 5.41) is 11.6. The lowest BCUT2D eigenvalue weighted by Crippen LogP contribution is -2.25. The smallest absolute Gasteiger partial charge is 0.274 e. The van der Waals surface area contributed by atoms with E-state index in [1.165, 1.54) is 0 Å². The Morgan fingerprint density at radius 1 is 1.21 bits per heavy atom. The van der Waals surface area contributed by atoms with Crippen molar-refractivity contribution in [3.05, 3.63) is 59.5 Å². The number of carbonyl (C=O) groups is 1. The number of para-hydroxylation sites is 1. The quantitative estimate of drug-likeness (QED) is 0.773. The molecule has 0 aliphatic carbocycles. The van der Waals surface area contributed by atoms with Gasteiger partial charge in [-0.05, 0) is 30.7 Å². The summed E-state index contributed by atoms with van der Waals surface area (Å²) in [5.74, 6) is -0.262. The van der Waals surface area contributed by atoms with Crippen molar-refractivity contribution in [1.82, 2.24) is 25.3 Å². The maximum absolute atomic E-state index is 12.5. The van der Waals surface area contributed by atoms with E-state index in [2.05, 4.69) is 20.6 Å². The minimum Gasteiger partial charge on any atom is -0.351 e. The number of nitrogens with zero attached hydrogens (tertiary/aromatic N) is 4. The van der Waals surface area contributed by atoms with Crippen molar-refractivity contribution in [1.29, 1.82) is 0 Å². The standard InChI is InChI=1S/C17H16ClN5O/c1-2-9-20-17(24)15-16(12-7-10-19-11-8-12)23(22-21-15)14-6-4-3-5-13(14)18/h3-8,10-11H,2,9H2,1H3,(H,20,24). The van der Waals surface area contributed by atoms with Crippen LogP contribution in [0.25, 0.3) is 16.9 Å². The molecule has 0 aliphatic heterocycles. The van der Waals surface area contributed by atoms with Gasteiger partial charge < -0.3 is 5.32 Å². The number of hydrogen-bond donors (Lipinski definition) is 1. The number of rotatable bonds is 5. The number of benzene rings is 1. The van der Waals surface area contributed by atoms with E-state index < -0.39 is 0 Å². The molecule has 3 aromatic rings. The Kier molecular flexibility index (Phi) is 4.86. The fourth-order valence-electron chi connectivity index (χ4n) is 2.32. The Labute approximate surface area is 144 Å². The van der Waals surface area contributed by atoms with E-state index in [9.17, 15) is 4.79 Å². The van der Waals surface area contributed by atoms with Crippen LogP contribution in [0, 0.1) is 0 Å². The van der Waals surface area contributed by atoms with Crippen LogP contribution in [-0.2, 0) is 0 Å². The molecule has 0 atom stereocenters. The van der Waals surface area contributed by atoms with Gasteiger partial charge in [0.05, 0.1) is 10.7 Å². The maximum Gasteiger partial charge on any atom is 0.274 e. The van der Waals surface area contributed by atoms with Crippen LogP contribution in [0.5, 0.6) is 0 Å². The van der Waals surface area contributed by atoms with E-state index in [0.29, 0.717) is 22.9 Å². The largest absolute Gasteiger partial charge is 0.351 e. The zero-order valence-corrected chi connectivity index (χ0v) is 13.9. The molecule has 6 nitrogen and oxygen atoms in total. The first kappa shape index (κ1) is 16.1. The van der Waals surface area contributed by atoms with Gasteiger partial charge in [-0.3, -0.25) is 9.78 Å². The van der Waals surface area contributed by atoms with Gasteiger partial charge in [0, 0.05) is 24.5 Å². The molecule has 1 N–H and O–H groups in total. The lowest BCUT2D eigenvalue weighted by Gasteiger charge is -2.09. The molecular formula is C17H16ClN5O. The van der Waals surface area contributed by atoms with E-state index in [-0.39, 0.29) is 11.6 Å². The molecule has 1 amide bonds. The average molecular weight is 342 g/mol. The van der Waals surface area contributed by atoms with Gasteiger partial charge >= 0.3 is 0 Å². The lowest BCUT2D eigenvalue weighted by atomic mass is 10.1. The second kappa shape index (κ2) is 7.23. The monoisotopic (exact) mass is 341 g/mol. The van der Waals surface area contributed by atoms with Crippen molar-refractivity contribution < 1.29 is 4.79 Å². The maximum atomic E-state index is 12.5. The van der Waals surface area contributed by atoms with E-state index in [0.717, 1.165) is 12.0 Å². The van der Waals surface area contributed by atoms with E-state index >= 15 is 0 Å². The summed E-state index contributed by atoms with van der Waals surface area (Å²) in [6.07, 6.45) is 4.16. The summed E-state index contributed by atoms with van der Waals surface area (Å²) >= 11 is 6.29. The molecular weight excluding hydrogens is 326 g/mol. The highest BCUT2D eigenvalue weighted by molar-refractivity contribution is 6.32. The van der Waals surface area contributed by atoms with Gasteiger partial charge in [-0.2, -0.15) is 0 Å². The van der Waals surface area contributed by atoms with Crippen LogP contribution in [0.3, 0.4) is 0 Å². The Morgan fingerprint density at radius 3 is 2.67 bits per heavy atom. The predicted octanol–water partition coefficient (Wildman–Crippen LogP) is 3.12. The topological polar surface area (TPSA) is 72.7 Å². The van der Waals surface area contributed by atoms with Crippen LogP contribution >= 0.6 is 11.6 Å². The Bertz CT molecular complexity index is 847. The first-order chi connectivity index (χ1) is 11.7. The molecule has 2 heterocycles. The van der Waals surface area contributed by atoms with Gasteiger partial charge in [0.1, 0.15) is 5.69 Å². The summed E-state index contributed by atoms with van der Waals surface area (Å²) in [5.41, 5.74) is 2.29. The zero-order chi connectivity index (χ0) is 16.9. The van der Waals surface area contributed by atoms with Gasteiger partial charge in [0.15, 0.2) is 5.69 Å². The summed E-state index contributed by atoms with van der Waals surface area (Å²) < 4.78 is 1.58. The molecule has 0 radical (unpaired) electrons. The highest BCUT2D eigenvalue weighted by Gasteiger charge is 2.22. The molecule has 7 heteroatoms. The average Bonchev–Trinajstić information content (AvgIpc) is 3.05. The number of aromatic nitrogens is 4. The van der Waals surface area contributed by atoms with Crippen molar-refractivity contribution in [3.63, 3.8) is 0 Å². The van der Waals surface area contributed by atoms with Crippen molar-refractivity contribution in [2.75, 3.05) is 6.54 Å². The number of hydrogen-bond acceptors (Lipinski definition) is 4. The van der Waals surface area contributed by atoms with E-state index in [4.69, 9.17) is 11.6 Å². The minimum atomic E-state index is -0.262. The van der Waals surface area contributed by atoms with Crippen LogP contribution < -0.4 is 5.32 Å². The third-order valence-corrected chi connectivity index (χ3v) is 3.77. The van der Waals surface area contributed by atoms with Crippen molar-refractivity contribution in [3.8, 4) is 16.9 Å². The summed E-state index contributed by atoms with van der Waals surface area (Å²) in [7, 11) is 0. The molecule has 3 rings (SSSR count). The molecule has 24 heavy (non-hydrogen) atoms. The molecule has 0 saturated carbocycles. The molecule has 2 aromatic heterocycles. The normalized spacial score (nSPS) is 10.6. The molecule has 1 aromatic carbocycles. The molecule has 0 unspecified atom stereocenters. The molecule has 0 bridgehead atoms. The van der Waals surface area contributed by atoms with Crippen LogP contribution in [0.4, 0.5) is 0 Å². The van der Waals surface area contributed by atoms with Crippen molar-refractivity contribution in [2.24, 2.45) is 0 Å². The Hall–Kier alpha value is -2.73. The summed E-state index contributed by atoms with van der Waals surface area (Å²) in [4.78, 5) is 16.5. The molecule has 0 spiro atoms. The van der Waals surface area contributed by atoms with Gasteiger partial charge in [-0.25, -0.2) is 4.68 Å². The fourth-order valence-corrected chi connectivity index (χ4v) is 2.53. The van der Waals surface area contributed by atoms with Crippen LogP contribution in [-0.4, -0.2) is 32.4 Å². The summed E-state index contributed by atoms with van der Waals surface area (Å²) in [6.45, 7) is 2.57. The Morgan fingerprint density at radius 2 is 1.96 bits per heavy atom. The van der Waals surface area contributed by atoms with Crippen molar-refractivity contribution in [2.45, 2.75) is 13.3 Å². The number of amides is 1. The van der Waals surface area contributed by atoms with Gasteiger partial charge in [0.25, 0.3) is 5.91 Å². The molecule has 0 fully saturated rings. The third kappa shape index (κ3) is 3.14. The highest BCUT2D eigenvalue weighted by atomic mass is 35.5. The number of nitrogens with one attached hydrogen (secondary N) is 1.